The minimum atomic E-state index is -0.585. The summed E-state index contributed by atoms with van der Waals surface area (Å²) < 4.78 is 0. The number of nitrogens with one attached hydrogen (secondary N) is 1. The fourth-order valence-electron chi connectivity index (χ4n) is 9.86. The zero-order chi connectivity index (χ0) is 36.8. The number of imide groups is 1. The molecule has 9 heteroatoms. The average molecular weight is 724 g/mol. The number of phenolic OH excluding ortho intramolecular Hbond substituents is 1. The van der Waals surface area contributed by atoms with Gasteiger partial charge in [-0.25, -0.2) is 0 Å². The van der Waals surface area contributed by atoms with Crippen LogP contribution in [0.15, 0.2) is 91.0 Å². The first-order valence-corrected chi connectivity index (χ1v) is 19.8. The normalized spacial score (nSPS) is 23.7. The molecule has 3 saturated heterocycles. The lowest BCUT2D eigenvalue weighted by molar-refractivity contribution is -0.136. The van der Waals surface area contributed by atoms with E-state index >= 15 is 0 Å². The second-order valence-corrected chi connectivity index (χ2v) is 16.0. The zero-order valence-corrected chi connectivity index (χ0v) is 30.8. The number of hydrogen-bond acceptors (Lipinski definition) is 7. The molecule has 1 unspecified atom stereocenters. The minimum Gasteiger partial charge on any atom is -0.508 e. The van der Waals surface area contributed by atoms with Crippen LogP contribution in [-0.2, 0) is 22.6 Å². The zero-order valence-electron chi connectivity index (χ0n) is 30.8. The first kappa shape index (κ1) is 34.6. The number of hydrogen-bond donors (Lipinski definition) is 2. The highest BCUT2D eigenvalue weighted by Gasteiger charge is 2.39. The van der Waals surface area contributed by atoms with E-state index < -0.39 is 6.04 Å². The van der Waals surface area contributed by atoms with Crippen LogP contribution in [0.25, 0.3) is 0 Å². The largest absolute Gasteiger partial charge is 0.508 e. The van der Waals surface area contributed by atoms with Gasteiger partial charge in [-0.15, -0.1) is 0 Å². The maximum absolute atomic E-state index is 13.1. The van der Waals surface area contributed by atoms with Gasteiger partial charge in [0.2, 0.25) is 11.8 Å². The van der Waals surface area contributed by atoms with Crippen LogP contribution >= 0.6 is 0 Å². The van der Waals surface area contributed by atoms with Crippen LogP contribution in [0.2, 0.25) is 0 Å². The van der Waals surface area contributed by atoms with Crippen molar-refractivity contribution < 1.29 is 19.5 Å². The van der Waals surface area contributed by atoms with E-state index in [4.69, 9.17) is 0 Å². The summed E-state index contributed by atoms with van der Waals surface area (Å²) in [6, 6.07) is 31.7. The number of carbonyl (C=O) groups excluding carboxylic acids is 3. The molecule has 4 aromatic rings. The third-order valence-electron chi connectivity index (χ3n) is 12.8. The summed E-state index contributed by atoms with van der Waals surface area (Å²) in [5.41, 5.74) is 9.39. The molecule has 2 N–H and O–H groups in total. The van der Waals surface area contributed by atoms with Gasteiger partial charge in [0.1, 0.15) is 11.8 Å². The Labute approximate surface area is 317 Å². The van der Waals surface area contributed by atoms with Gasteiger partial charge in [-0.1, -0.05) is 48.5 Å². The predicted octanol–water partition coefficient (Wildman–Crippen LogP) is 6.05. The molecule has 9 rings (SSSR count). The molecule has 4 heterocycles. The van der Waals surface area contributed by atoms with Crippen molar-refractivity contribution in [2.24, 2.45) is 5.92 Å². The quantitative estimate of drug-likeness (QED) is 0.224. The molecule has 0 saturated carbocycles. The smallest absolute Gasteiger partial charge is 0.255 e. The fourth-order valence-corrected chi connectivity index (χ4v) is 9.86. The first-order valence-electron chi connectivity index (χ1n) is 19.8. The predicted molar refractivity (Wildman–Crippen MR) is 210 cm³/mol. The number of piperidine rings is 2. The second-order valence-electron chi connectivity index (χ2n) is 16.0. The van der Waals surface area contributed by atoms with Gasteiger partial charge in [0, 0.05) is 81.6 Å². The van der Waals surface area contributed by atoms with Crippen LogP contribution in [-0.4, -0.2) is 84.5 Å². The summed E-state index contributed by atoms with van der Waals surface area (Å²) in [7, 11) is 0. The van der Waals surface area contributed by atoms with Crippen molar-refractivity contribution in [2.75, 3.05) is 55.6 Å². The molecule has 0 spiro atoms. The Hall–Kier alpha value is -5.15. The molecule has 1 aliphatic carbocycles. The van der Waals surface area contributed by atoms with Gasteiger partial charge in [0.05, 0.1) is 0 Å². The third kappa shape index (κ3) is 6.74. The molecule has 5 aliphatic rings. The van der Waals surface area contributed by atoms with E-state index in [1.165, 1.54) is 40.8 Å². The number of rotatable bonds is 7. The van der Waals surface area contributed by atoms with E-state index in [0.717, 1.165) is 69.9 Å². The molecular weight excluding hydrogens is 675 g/mol. The summed E-state index contributed by atoms with van der Waals surface area (Å²) >= 11 is 0. The number of piperazine rings is 1. The lowest BCUT2D eigenvalue weighted by atomic mass is 9.69. The molecule has 3 amide bonds. The molecule has 0 bridgehead atoms. The summed E-state index contributed by atoms with van der Waals surface area (Å²) in [4.78, 5) is 46.5. The van der Waals surface area contributed by atoms with Crippen molar-refractivity contribution >= 4 is 29.1 Å². The molecule has 278 valence electrons. The number of phenols is 1. The van der Waals surface area contributed by atoms with Gasteiger partial charge < -0.3 is 19.8 Å². The monoisotopic (exact) mass is 723 g/mol. The molecule has 4 aliphatic heterocycles. The highest BCUT2D eigenvalue weighted by atomic mass is 16.3. The third-order valence-corrected chi connectivity index (χ3v) is 12.8. The summed E-state index contributed by atoms with van der Waals surface area (Å²) in [6.07, 6.45) is 5.08. The van der Waals surface area contributed by atoms with Crippen LogP contribution in [0.3, 0.4) is 0 Å². The van der Waals surface area contributed by atoms with Gasteiger partial charge in [-0.05, 0) is 114 Å². The summed E-state index contributed by atoms with van der Waals surface area (Å²) in [5.74, 6) is 0.955. The van der Waals surface area contributed by atoms with E-state index in [9.17, 15) is 19.5 Å². The number of aromatic hydroxyl groups is 1. The van der Waals surface area contributed by atoms with E-state index in [1.807, 2.05) is 24.3 Å². The SMILES string of the molecule is O=C1CCC(N2Cc3cc(N4CCN(CC5CCN(c6ccc([C@H]7c8ccc(O)cc8CC[C@@H]7c7ccccc7)cc6)CC5)CC4)ccc3C2=O)C(=O)N1. The summed E-state index contributed by atoms with van der Waals surface area (Å²) in [6.45, 7) is 7.64. The molecule has 9 nitrogen and oxygen atoms in total. The van der Waals surface area contributed by atoms with E-state index in [1.54, 1.807) is 4.90 Å². The Morgan fingerprint density at radius 3 is 2.17 bits per heavy atom. The first-order chi connectivity index (χ1) is 26.4. The van der Waals surface area contributed by atoms with Crippen LogP contribution in [0.4, 0.5) is 11.4 Å². The van der Waals surface area contributed by atoms with E-state index in [2.05, 4.69) is 86.7 Å². The highest BCUT2D eigenvalue weighted by Crippen LogP contribution is 2.47. The molecule has 3 fully saturated rings. The molecular formula is C45H49N5O4. The number of carbonyl (C=O) groups is 3. The van der Waals surface area contributed by atoms with Crippen molar-refractivity contribution in [3.05, 3.63) is 124 Å². The Balaban J connectivity index is 0.780. The fraction of sp³-hybridized carbons (Fsp3) is 0.400. The molecule has 3 atom stereocenters. The number of anilines is 2. The maximum Gasteiger partial charge on any atom is 0.255 e. The number of benzene rings is 4. The van der Waals surface area contributed by atoms with Gasteiger partial charge in [-0.3, -0.25) is 24.6 Å². The average Bonchev–Trinajstić information content (AvgIpc) is 3.53. The number of nitrogens with zero attached hydrogens (tertiary/aromatic N) is 4. The van der Waals surface area contributed by atoms with Crippen LogP contribution < -0.4 is 15.1 Å². The Bertz CT molecular complexity index is 2030. The lowest BCUT2D eigenvalue weighted by Crippen LogP contribution is -2.52. The van der Waals surface area contributed by atoms with Crippen molar-refractivity contribution in [3.63, 3.8) is 0 Å². The van der Waals surface area contributed by atoms with Gasteiger partial charge in [-0.2, -0.15) is 0 Å². The Morgan fingerprint density at radius 2 is 1.41 bits per heavy atom. The van der Waals surface area contributed by atoms with Crippen molar-refractivity contribution in [1.29, 1.82) is 0 Å². The van der Waals surface area contributed by atoms with Crippen LogP contribution in [0.5, 0.6) is 5.75 Å². The standard InChI is InChI=1S/C45H49N5O4/c51-37-12-15-39-33(27-37)8-13-38(31-4-2-1-3-5-31)43(39)32-6-9-35(10-7-32)48-20-18-30(19-21-48)28-47-22-24-49(25-23-47)36-11-14-40-34(26-36)29-50(45(40)54)41-16-17-42(52)46-44(41)53/h1-7,9-12,14-15,26-27,30,38,41,43,51H,8,13,16-25,28-29H2,(H,46,52,53)/t38-,41?,43-/m1/s1. The topological polar surface area (TPSA) is 96.4 Å². The van der Waals surface area contributed by atoms with Crippen molar-refractivity contribution in [1.82, 2.24) is 15.1 Å². The molecule has 4 aromatic carbocycles. The van der Waals surface area contributed by atoms with Crippen LogP contribution in [0.1, 0.15) is 82.1 Å². The lowest BCUT2D eigenvalue weighted by Gasteiger charge is -2.40. The molecule has 54 heavy (non-hydrogen) atoms. The molecule has 0 aromatic heterocycles. The van der Waals surface area contributed by atoms with E-state index in [0.29, 0.717) is 36.1 Å². The second kappa shape index (κ2) is 14.6. The van der Waals surface area contributed by atoms with Gasteiger partial charge in [0.25, 0.3) is 5.91 Å². The number of amides is 3. The highest BCUT2D eigenvalue weighted by molar-refractivity contribution is 6.05. The van der Waals surface area contributed by atoms with Crippen molar-refractivity contribution in [3.8, 4) is 5.75 Å². The van der Waals surface area contributed by atoms with Crippen molar-refractivity contribution in [2.45, 2.75) is 62.9 Å². The van der Waals surface area contributed by atoms with E-state index in [-0.39, 0.29) is 30.1 Å². The van der Waals surface area contributed by atoms with Crippen LogP contribution in [0, 0.1) is 5.92 Å². The maximum atomic E-state index is 13.1. The number of aryl methyl sites for hydroxylation is 1. The summed E-state index contributed by atoms with van der Waals surface area (Å²) in [5, 5.41) is 12.6. The van der Waals surface area contributed by atoms with Gasteiger partial charge >= 0.3 is 0 Å². The minimum absolute atomic E-state index is 0.121. The Morgan fingerprint density at radius 1 is 0.667 bits per heavy atom. The molecule has 0 radical (unpaired) electrons. The number of fused-ring (bicyclic) bond motifs is 2. The Kier molecular flexibility index (Phi) is 9.35. The van der Waals surface area contributed by atoms with Gasteiger partial charge in [0.15, 0.2) is 0 Å².